The summed E-state index contributed by atoms with van der Waals surface area (Å²) in [4.78, 5) is 30.6. The first-order chi connectivity index (χ1) is 14.0. The number of aromatic nitrogens is 1. The van der Waals surface area contributed by atoms with E-state index in [0.29, 0.717) is 31.7 Å². The summed E-state index contributed by atoms with van der Waals surface area (Å²) in [6, 6.07) is 10.0. The third-order valence-electron chi connectivity index (χ3n) is 6.08. The highest BCUT2D eigenvalue weighted by atomic mass is 16.5. The number of pyridine rings is 1. The molecule has 29 heavy (non-hydrogen) atoms. The molecule has 1 aromatic carbocycles. The fourth-order valence-electron chi connectivity index (χ4n) is 4.49. The Hall–Kier alpha value is -2.73. The molecule has 4 rings (SSSR count). The van der Waals surface area contributed by atoms with E-state index >= 15 is 0 Å². The van der Waals surface area contributed by atoms with Crippen LogP contribution in [-0.4, -0.2) is 52.7 Å². The average molecular weight is 394 g/mol. The van der Waals surface area contributed by atoms with E-state index in [1.807, 2.05) is 36.1 Å². The minimum Gasteiger partial charge on any atom is -0.481 e. The number of aryl methyl sites for hydroxylation is 1. The number of nitrogens with zero attached hydrogens (tertiary/aromatic N) is 2. The highest BCUT2D eigenvalue weighted by Gasteiger charge is 2.40. The molecule has 1 N–H and O–H groups in total. The molecule has 0 saturated carbocycles. The summed E-state index contributed by atoms with van der Waals surface area (Å²) in [6.07, 6.45) is 5.29. The number of aliphatic carboxylic acids is 1. The molecule has 0 bridgehead atoms. The van der Waals surface area contributed by atoms with Crippen LogP contribution in [0.4, 0.5) is 0 Å². The molecule has 2 atom stereocenters. The van der Waals surface area contributed by atoms with Crippen molar-refractivity contribution in [2.24, 2.45) is 11.8 Å². The lowest BCUT2D eigenvalue weighted by atomic mass is 9.84. The fraction of sp³-hybridized carbons (Fsp3) is 0.435. The van der Waals surface area contributed by atoms with Crippen LogP contribution in [0, 0.1) is 18.8 Å². The van der Waals surface area contributed by atoms with Gasteiger partial charge < -0.3 is 14.7 Å². The number of carboxylic acid groups (broad SMARTS) is 1. The quantitative estimate of drug-likeness (QED) is 0.860. The van der Waals surface area contributed by atoms with Crippen LogP contribution in [0.15, 0.2) is 42.7 Å². The third-order valence-corrected chi connectivity index (χ3v) is 6.08. The van der Waals surface area contributed by atoms with E-state index in [1.54, 1.807) is 12.4 Å². The van der Waals surface area contributed by atoms with Crippen LogP contribution in [0.2, 0.25) is 0 Å². The predicted molar refractivity (Wildman–Crippen MR) is 109 cm³/mol. The van der Waals surface area contributed by atoms with Gasteiger partial charge in [-0.3, -0.25) is 14.6 Å². The third kappa shape index (κ3) is 4.17. The first-order valence-electron chi connectivity index (χ1n) is 10.2. The molecule has 1 aromatic heterocycles. The van der Waals surface area contributed by atoms with Crippen molar-refractivity contribution in [3.63, 3.8) is 0 Å². The molecule has 152 valence electrons. The van der Waals surface area contributed by atoms with Gasteiger partial charge in [-0.25, -0.2) is 0 Å². The molecule has 3 heterocycles. The van der Waals surface area contributed by atoms with E-state index in [4.69, 9.17) is 4.74 Å². The molecule has 2 fully saturated rings. The SMILES string of the molecule is Cc1cccc(-c2cncc(C(=O)N3CCC([C@@H]4OCCC4C(=O)O)CC3)c2)c1. The van der Waals surface area contributed by atoms with Gasteiger partial charge in [-0.2, -0.15) is 0 Å². The van der Waals surface area contributed by atoms with Gasteiger partial charge in [-0.15, -0.1) is 0 Å². The van der Waals surface area contributed by atoms with Crippen molar-refractivity contribution in [2.75, 3.05) is 19.7 Å². The molecule has 0 radical (unpaired) electrons. The molecule has 0 spiro atoms. The van der Waals surface area contributed by atoms with E-state index in [-0.39, 0.29) is 17.9 Å². The number of piperidine rings is 1. The molecule has 1 amide bonds. The first-order valence-corrected chi connectivity index (χ1v) is 10.2. The van der Waals surface area contributed by atoms with Crippen molar-refractivity contribution < 1.29 is 19.4 Å². The van der Waals surface area contributed by atoms with E-state index in [2.05, 4.69) is 11.1 Å². The van der Waals surface area contributed by atoms with Crippen LogP contribution in [0.1, 0.15) is 35.2 Å². The molecule has 2 saturated heterocycles. The number of rotatable bonds is 4. The Labute approximate surface area is 170 Å². The Balaban J connectivity index is 1.42. The van der Waals surface area contributed by atoms with Crippen molar-refractivity contribution in [3.05, 3.63) is 53.9 Å². The maximum Gasteiger partial charge on any atom is 0.309 e. The number of carboxylic acids is 1. The second kappa shape index (κ2) is 8.33. The number of hydrogen-bond donors (Lipinski definition) is 1. The van der Waals surface area contributed by atoms with Gasteiger partial charge in [0.25, 0.3) is 5.91 Å². The maximum atomic E-state index is 13.0. The molecule has 2 aliphatic heterocycles. The topological polar surface area (TPSA) is 79.7 Å². The molecule has 2 aliphatic rings. The zero-order chi connectivity index (χ0) is 20.4. The smallest absolute Gasteiger partial charge is 0.309 e. The van der Waals surface area contributed by atoms with E-state index < -0.39 is 11.9 Å². The molecule has 2 aromatic rings. The van der Waals surface area contributed by atoms with Crippen LogP contribution >= 0.6 is 0 Å². The lowest BCUT2D eigenvalue weighted by Gasteiger charge is -2.35. The summed E-state index contributed by atoms with van der Waals surface area (Å²) >= 11 is 0. The molecule has 0 aliphatic carbocycles. The molecular weight excluding hydrogens is 368 g/mol. The van der Waals surface area contributed by atoms with E-state index in [1.165, 1.54) is 0 Å². The Morgan fingerprint density at radius 1 is 1.10 bits per heavy atom. The van der Waals surface area contributed by atoms with Gasteiger partial charge in [-0.05, 0) is 43.7 Å². The normalized spacial score (nSPS) is 22.6. The lowest BCUT2D eigenvalue weighted by molar-refractivity contribution is -0.145. The van der Waals surface area contributed by atoms with Crippen molar-refractivity contribution >= 4 is 11.9 Å². The van der Waals surface area contributed by atoms with E-state index in [0.717, 1.165) is 29.5 Å². The van der Waals surface area contributed by atoms with Gasteiger partial charge >= 0.3 is 5.97 Å². The number of amides is 1. The number of likely N-dealkylation sites (tertiary alicyclic amines) is 1. The summed E-state index contributed by atoms with van der Waals surface area (Å²) in [5.41, 5.74) is 3.72. The van der Waals surface area contributed by atoms with Crippen molar-refractivity contribution in [1.29, 1.82) is 0 Å². The fourth-order valence-corrected chi connectivity index (χ4v) is 4.49. The van der Waals surface area contributed by atoms with Gasteiger partial charge in [-0.1, -0.05) is 29.8 Å². The average Bonchev–Trinajstić information content (AvgIpc) is 3.24. The predicted octanol–water partition coefficient (Wildman–Crippen LogP) is 3.40. The van der Waals surface area contributed by atoms with Crippen molar-refractivity contribution in [3.8, 4) is 11.1 Å². The van der Waals surface area contributed by atoms with E-state index in [9.17, 15) is 14.7 Å². The summed E-state index contributed by atoms with van der Waals surface area (Å²) in [5, 5.41) is 9.39. The van der Waals surface area contributed by atoms with Crippen LogP contribution in [0.25, 0.3) is 11.1 Å². The van der Waals surface area contributed by atoms with Crippen molar-refractivity contribution in [1.82, 2.24) is 9.88 Å². The first kappa shape index (κ1) is 19.6. The minimum absolute atomic E-state index is 0.0208. The zero-order valence-electron chi connectivity index (χ0n) is 16.6. The monoisotopic (exact) mass is 394 g/mol. The molecule has 1 unspecified atom stereocenters. The van der Waals surface area contributed by atoms with Gasteiger partial charge in [0.15, 0.2) is 0 Å². The largest absolute Gasteiger partial charge is 0.481 e. The lowest BCUT2D eigenvalue weighted by Crippen LogP contribution is -2.43. The summed E-state index contributed by atoms with van der Waals surface area (Å²) in [7, 11) is 0. The highest BCUT2D eigenvalue weighted by molar-refractivity contribution is 5.95. The molecule has 6 nitrogen and oxygen atoms in total. The number of carbonyl (C=O) groups is 2. The van der Waals surface area contributed by atoms with Crippen LogP contribution < -0.4 is 0 Å². The number of hydrogen-bond acceptors (Lipinski definition) is 4. The van der Waals surface area contributed by atoms with Gasteiger partial charge in [0.1, 0.15) is 0 Å². The number of carbonyl (C=O) groups excluding carboxylic acids is 1. The minimum atomic E-state index is -0.773. The maximum absolute atomic E-state index is 13.0. The van der Waals surface area contributed by atoms with Gasteiger partial charge in [0, 0.05) is 37.7 Å². The number of ether oxygens (including phenoxy) is 1. The van der Waals surface area contributed by atoms with Crippen molar-refractivity contribution in [2.45, 2.75) is 32.3 Å². The number of benzene rings is 1. The van der Waals surface area contributed by atoms with Gasteiger partial charge in [0.2, 0.25) is 0 Å². The molecular formula is C23H26N2O4. The second-order valence-corrected chi connectivity index (χ2v) is 8.03. The van der Waals surface area contributed by atoms with Crippen LogP contribution in [0.3, 0.4) is 0 Å². The zero-order valence-corrected chi connectivity index (χ0v) is 16.6. The van der Waals surface area contributed by atoms with Crippen LogP contribution in [-0.2, 0) is 9.53 Å². The van der Waals surface area contributed by atoms with Gasteiger partial charge in [0.05, 0.1) is 17.6 Å². The standard InChI is InChI=1S/C23H26N2O4/c1-15-3-2-4-17(11-15)18-12-19(14-24-13-18)22(26)25-8-5-16(6-9-25)21-20(23(27)28)7-10-29-21/h2-4,11-14,16,20-21H,5-10H2,1H3,(H,27,28)/t20?,21-/m0/s1. The Morgan fingerprint density at radius 3 is 2.62 bits per heavy atom. The summed E-state index contributed by atoms with van der Waals surface area (Å²) in [6.45, 7) is 3.78. The Morgan fingerprint density at radius 2 is 1.90 bits per heavy atom. The Bertz CT molecular complexity index is 905. The summed E-state index contributed by atoms with van der Waals surface area (Å²) < 4.78 is 5.73. The Kier molecular flexibility index (Phi) is 5.62. The van der Waals surface area contributed by atoms with Crippen LogP contribution in [0.5, 0.6) is 0 Å². The summed E-state index contributed by atoms with van der Waals surface area (Å²) in [5.74, 6) is -1.02. The second-order valence-electron chi connectivity index (χ2n) is 8.03. The highest BCUT2D eigenvalue weighted by Crippen LogP contribution is 2.33. The molecule has 6 heteroatoms.